The molecule has 1 atom stereocenters. The van der Waals surface area contributed by atoms with Crippen LogP contribution in [0.5, 0.6) is 0 Å². The molecule has 0 heterocycles. The lowest BCUT2D eigenvalue weighted by Gasteiger charge is -2.55. The highest BCUT2D eigenvalue weighted by Gasteiger charge is 2.48. The van der Waals surface area contributed by atoms with E-state index in [0.29, 0.717) is 0 Å². The predicted octanol–water partition coefficient (Wildman–Crippen LogP) is 3.25. The van der Waals surface area contributed by atoms with Gasteiger partial charge < -0.3 is 0 Å². The maximum Gasteiger partial charge on any atom is -0.0142 e. The molecule has 4 bridgehead atoms. The van der Waals surface area contributed by atoms with E-state index in [1.54, 1.807) is 19.3 Å². The van der Waals surface area contributed by atoms with Crippen LogP contribution in [0.4, 0.5) is 0 Å². The summed E-state index contributed by atoms with van der Waals surface area (Å²) < 4.78 is 0. The van der Waals surface area contributed by atoms with Gasteiger partial charge in [-0.1, -0.05) is 0 Å². The summed E-state index contributed by atoms with van der Waals surface area (Å²) in [6.45, 7) is 0. The molecule has 0 aromatic rings. The fourth-order valence-electron chi connectivity index (χ4n) is 4.18. The van der Waals surface area contributed by atoms with Crippen molar-refractivity contribution in [3.63, 3.8) is 0 Å². The zero-order chi connectivity index (χ0) is 7.47. The summed E-state index contributed by atoms with van der Waals surface area (Å²) in [4.78, 5) is 0. The van der Waals surface area contributed by atoms with E-state index in [1.807, 2.05) is 0 Å². The zero-order valence-corrected chi connectivity index (χ0v) is 9.43. The van der Waals surface area contributed by atoms with Gasteiger partial charge in [0.25, 0.3) is 0 Å². The van der Waals surface area contributed by atoms with Gasteiger partial charge in [-0.3, -0.25) is 0 Å². The van der Waals surface area contributed by atoms with Crippen molar-refractivity contribution in [2.75, 3.05) is 0 Å². The lowest BCUT2D eigenvalue weighted by Crippen LogP contribution is -2.46. The van der Waals surface area contributed by atoms with E-state index in [-0.39, 0.29) is 12.4 Å². The molecule has 0 N–H and O–H groups in total. The number of rotatable bonds is 0. The van der Waals surface area contributed by atoms with Gasteiger partial charge in [0.05, 0.1) is 0 Å². The van der Waals surface area contributed by atoms with Crippen LogP contribution in [0.15, 0.2) is 0 Å². The van der Waals surface area contributed by atoms with Crippen LogP contribution in [0.3, 0.4) is 0 Å². The molecule has 0 nitrogen and oxygen atoms in total. The van der Waals surface area contributed by atoms with Gasteiger partial charge in [0.2, 0.25) is 0 Å². The van der Waals surface area contributed by atoms with Crippen LogP contribution in [0.25, 0.3) is 0 Å². The van der Waals surface area contributed by atoms with Crippen LogP contribution in [-0.2, 0) is 0 Å². The summed E-state index contributed by atoms with van der Waals surface area (Å²) >= 11 is 0. The van der Waals surface area contributed by atoms with Gasteiger partial charge in [-0.05, 0) is 61.4 Å². The first-order valence-corrected chi connectivity index (χ1v) is 5.60. The maximum absolute atomic E-state index is 3.17. The fourth-order valence-corrected chi connectivity index (χ4v) is 5.18. The number of hydrogen-bond acceptors (Lipinski definition) is 0. The topological polar surface area (TPSA) is 0 Å². The third-order valence-electron chi connectivity index (χ3n) is 4.09. The second-order valence-electron chi connectivity index (χ2n) is 5.28. The normalized spacial score (nSPS) is 55.2. The highest BCUT2D eigenvalue weighted by atomic mass is 35.5. The standard InChI is InChI=1S/C10H17P.ClH/c11-10-4-7-1-8(5-10)3-9(2-7)6-10;/h7-9H,1-6,11H2;1H. The Bertz CT molecular complexity index is 155. The van der Waals surface area contributed by atoms with Crippen LogP contribution in [-0.4, -0.2) is 5.16 Å². The first kappa shape index (κ1) is 9.28. The van der Waals surface area contributed by atoms with Crippen molar-refractivity contribution in [3.05, 3.63) is 0 Å². The zero-order valence-electron chi connectivity index (χ0n) is 7.46. The quantitative estimate of drug-likeness (QED) is 0.532. The Morgan fingerprint density at radius 3 is 1.42 bits per heavy atom. The average molecular weight is 205 g/mol. The van der Waals surface area contributed by atoms with Crippen molar-refractivity contribution in [1.29, 1.82) is 0 Å². The molecule has 0 spiro atoms. The van der Waals surface area contributed by atoms with E-state index in [2.05, 4.69) is 9.24 Å². The highest BCUT2D eigenvalue weighted by molar-refractivity contribution is 7.19. The summed E-state index contributed by atoms with van der Waals surface area (Å²) in [5.41, 5.74) is 0. The Morgan fingerprint density at radius 2 is 1.17 bits per heavy atom. The van der Waals surface area contributed by atoms with Crippen molar-refractivity contribution in [2.24, 2.45) is 17.8 Å². The molecule has 4 aliphatic rings. The molecule has 4 aliphatic carbocycles. The maximum atomic E-state index is 3.17. The van der Waals surface area contributed by atoms with E-state index in [4.69, 9.17) is 0 Å². The number of hydrogen-bond donors (Lipinski definition) is 0. The second kappa shape index (κ2) is 2.85. The van der Waals surface area contributed by atoms with Crippen molar-refractivity contribution in [3.8, 4) is 0 Å². The molecule has 70 valence electrons. The molecular formula is C10H18ClP. The minimum atomic E-state index is 0. The molecule has 4 saturated carbocycles. The van der Waals surface area contributed by atoms with Gasteiger partial charge in [-0.15, -0.1) is 21.6 Å². The molecule has 0 saturated heterocycles. The average Bonchev–Trinajstić information content (AvgIpc) is 1.79. The van der Waals surface area contributed by atoms with E-state index in [9.17, 15) is 0 Å². The molecular weight excluding hydrogens is 187 g/mol. The van der Waals surface area contributed by atoms with Crippen LogP contribution < -0.4 is 0 Å². The van der Waals surface area contributed by atoms with Crippen LogP contribution >= 0.6 is 21.6 Å². The number of halogens is 1. The van der Waals surface area contributed by atoms with Gasteiger partial charge in [0.15, 0.2) is 0 Å². The molecule has 12 heavy (non-hydrogen) atoms. The van der Waals surface area contributed by atoms with Crippen LogP contribution in [0, 0.1) is 17.8 Å². The summed E-state index contributed by atoms with van der Waals surface area (Å²) in [5, 5.41) is 0.717. The summed E-state index contributed by atoms with van der Waals surface area (Å²) in [5.74, 6) is 3.37. The van der Waals surface area contributed by atoms with Crippen molar-refractivity contribution in [2.45, 2.75) is 43.7 Å². The third-order valence-corrected chi connectivity index (χ3v) is 4.79. The minimum absolute atomic E-state index is 0. The lowest BCUT2D eigenvalue weighted by atomic mass is 9.56. The highest BCUT2D eigenvalue weighted by Crippen LogP contribution is 2.59. The third kappa shape index (κ3) is 1.32. The second-order valence-corrected chi connectivity index (χ2v) is 6.50. The smallest absolute Gasteiger partial charge is 0.0142 e. The molecule has 0 aliphatic heterocycles. The molecule has 1 unspecified atom stereocenters. The van der Waals surface area contributed by atoms with Crippen LogP contribution in [0.1, 0.15) is 38.5 Å². The summed E-state index contributed by atoms with van der Waals surface area (Å²) in [6.07, 6.45) is 9.33. The Hall–Kier alpha value is 0.720. The first-order valence-electron chi connectivity index (χ1n) is 5.02. The Morgan fingerprint density at radius 1 is 0.833 bits per heavy atom. The molecule has 0 amide bonds. The first-order chi connectivity index (χ1) is 5.23. The van der Waals surface area contributed by atoms with Crippen molar-refractivity contribution < 1.29 is 0 Å². The Balaban J connectivity index is 0.000000563. The largest absolute Gasteiger partial charge is 0.147 e. The lowest BCUT2D eigenvalue weighted by molar-refractivity contribution is 0.0379. The molecule has 0 aromatic heterocycles. The van der Waals surface area contributed by atoms with E-state index >= 15 is 0 Å². The van der Waals surface area contributed by atoms with Crippen molar-refractivity contribution >= 4 is 21.6 Å². The molecule has 4 rings (SSSR count). The Kier molecular flexibility index (Phi) is 2.21. The molecule has 4 fully saturated rings. The minimum Gasteiger partial charge on any atom is -0.147 e. The predicted molar refractivity (Wildman–Crippen MR) is 57.9 cm³/mol. The summed E-state index contributed by atoms with van der Waals surface area (Å²) in [7, 11) is 3.17. The SMILES string of the molecule is Cl.PC12CC3CC(CC(C3)C1)C2. The summed E-state index contributed by atoms with van der Waals surface area (Å²) in [6, 6.07) is 0. The van der Waals surface area contributed by atoms with Gasteiger partial charge >= 0.3 is 0 Å². The van der Waals surface area contributed by atoms with Gasteiger partial charge in [0.1, 0.15) is 0 Å². The molecule has 0 radical (unpaired) electrons. The molecule has 0 aromatic carbocycles. The van der Waals surface area contributed by atoms with E-state index in [1.165, 1.54) is 19.3 Å². The van der Waals surface area contributed by atoms with Gasteiger partial charge in [-0.25, -0.2) is 0 Å². The molecule has 2 heteroatoms. The monoisotopic (exact) mass is 204 g/mol. The Labute approximate surface area is 83.5 Å². The fraction of sp³-hybridized carbons (Fsp3) is 1.00. The van der Waals surface area contributed by atoms with Crippen molar-refractivity contribution in [1.82, 2.24) is 0 Å². The van der Waals surface area contributed by atoms with Gasteiger partial charge in [-0.2, -0.15) is 0 Å². The van der Waals surface area contributed by atoms with Gasteiger partial charge in [0, 0.05) is 0 Å². The van der Waals surface area contributed by atoms with E-state index < -0.39 is 0 Å². The van der Waals surface area contributed by atoms with Crippen LogP contribution in [0.2, 0.25) is 0 Å². The van der Waals surface area contributed by atoms with E-state index in [0.717, 1.165) is 22.9 Å².